The highest BCUT2D eigenvalue weighted by molar-refractivity contribution is 6.12. The third-order valence-electron chi connectivity index (χ3n) is 11.0. The monoisotopic (exact) mass is 706 g/mol. The second kappa shape index (κ2) is 14.1. The van der Waals surface area contributed by atoms with Gasteiger partial charge in [-0.1, -0.05) is 59.1 Å². The van der Waals surface area contributed by atoms with E-state index in [0.29, 0.717) is 0 Å². The Morgan fingerprint density at radius 2 is 0.815 bits per heavy atom. The lowest BCUT2D eigenvalue weighted by molar-refractivity contribution is 1.19. The third-order valence-corrected chi connectivity index (χ3v) is 11.0. The van der Waals surface area contributed by atoms with Crippen LogP contribution in [-0.4, -0.2) is 21.4 Å². The number of hydrogen-bond acceptors (Lipinski definition) is 2. The lowest BCUT2D eigenvalue weighted by Crippen LogP contribution is -2.02. The average Bonchev–Trinajstić information content (AvgIpc) is 3.74. The van der Waals surface area contributed by atoms with Crippen LogP contribution in [0.3, 0.4) is 0 Å². The molecule has 2 N–H and O–H groups in total. The van der Waals surface area contributed by atoms with E-state index in [1.807, 2.05) is 13.8 Å². The van der Waals surface area contributed by atoms with Crippen molar-refractivity contribution in [3.05, 3.63) is 147 Å². The second-order valence-electron chi connectivity index (χ2n) is 15.2. The van der Waals surface area contributed by atoms with Crippen LogP contribution >= 0.6 is 0 Å². The lowest BCUT2D eigenvalue weighted by Gasteiger charge is -2.18. The molecule has 2 aliphatic rings. The molecule has 0 spiro atoms. The molecule has 4 nitrogen and oxygen atoms in total. The van der Waals surface area contributed by atoms with Crippen molar-refractivity contribution in [1.82, 2.24) is 9.97 Å². The van der Waals surface area contributed by atoms with Crippen LogP contribution in [0.1, 0.15) is 117 Å². The quantitative estimate of drug-likeness (QED) is 0.199. The van der Waals surface area contributed by atoms with Crippen LogP contribution < -0.4 is 0 Å². The Labute approximate surface area is 322 Å². The van der Waals surface area contributed by atoms with Crippen LogP contribution in [0.5, 0.6) is 0 Å². The van der Waals surface area contributed by atoms with Crippen LogP contribution in [0.15, 0.2) is 67.9 Å². The van der Waals surface area contributed by atoms with Crippen molar-refractivity contribution < 1.29 is 0 Å². The molecule has 0 saturated carbocycles. The van der Waals surface area contributed by atoms with Crippen molar-refractivity contribution in [2.45, 2.75) is 96.9 Å². The highest BCUT2D eigenvalue weighted by atomic mass is 14.8. The van der Waals surface area contributed by atoms with Gasteiger partial charge in [-0.15, -0.1) is 12.8 Å². The van der Waals surface area contributed by atoms with Crippen molar-refractivity contribution in [3.63, 3.8) is 0 Å². The Morgan fingerprint density at radius 3 is 1.09 bits per heavy atom. The van der Waals surface area contributed by atoms with E-state index in [1.54, 1.807) is 0 Å². The summed E-state index contributed by atoms with van der Waals surface area (Å²) in [4.78, 5) is 17.8. The van der Waals surface area contributed by atoms with Crippen LogP contribution in [0.4, 0.5) is 0 Å². The number of terminal acetylenes is 2. The molecule has 0 saturated heterocycles. The zero-order valence-corrected chi connectivity index (χ0v) is 34.4. The molecule has 4 heterocycles. The first-order valence-corrected chi connectivity index (χ1v) is 18.5. The number of H-pyrrole nitrogens is 2. The molecule has 270 valence electrons. The average molecular weight is 707 g/mol. The van der Waals surface area contributed by atoms with Gasteiger partial charge >= 0.3 is 0 Å². The molecule has 0 radical (unpaired) electrons. The number of allylic oxidation sites excluding steroid dienone is 4. The van der Waals surface area contributed by atoms with Crippen LogP contribution in [0.25, 0.3) is 11.1 Å². The highest BCUT2D eigenvalue weighted by Gasteiger charge is 2.29. The summed E-state index contributed by atoms with van der Waals surface area (Å²) in [5.74, 6) is 13.0. The molecule has 0 fully saturated rings. The maximum Gasteiger partial charge on any atom is 0.0775 e. The molecule has 2 aromatic heterocycles. The molecule has 2 aliphatic heterocycles. The van der Waals surface area contributed by atoms with Gasteiger partial charge in [-0.2, -0.15) is 0 Å². The maximum absolute atomic E-state index is 6.00. The Morgan fingerprint density at radius 1 is 0.500 bits per heavy atom. The first-order chi connectivity index (χ1) is 25.5. The normalized spacial score (nSPS) is 15.9. The molecule has 54 heavy (non-hydrogen) atoms. The highest BCUT2D eigenvalue weighted by Crippen LogP contribution is 2.42. The SMILES string of the molecule is C#Cc1c(C)[nH]c(/C(=C2\N=C(C)C(C#CC3=C(C)/C(=C(\c4[nH]c(C)c(C#C)c4C)c4c(C)cc(C)cc4C)N=C3C)=C2C)c2c(C)cc(C)cc2C)c1C. The Bertz CT molecular complexity index is 2460. The Hall–Kier alpha value is -6.02. The molecule has 6 rings (SSSR count). The van der Waals surface area contributed by atoms with E-state index in [2.05, 4.69) is 141 Å². The predicted molar refractivity (Wildman–Crippen MR) is 229 cm³/mol. The molecule has 0 aliphatic carbocycles. The van der Waals surface area contributed by atoms with Crippen molar-refractivity contribution >= 4 is 22.6 Å². The molecule has 0 bridgehead atoms. The molecule has 4 aromatic rings. The summed E-state index contributed by atoms with van der Waals surface area (Å²) in [5, 5.41) is 0. The van der Waals surface area contributed by atoms with Gasteiger partial charge in [-0.3, -0.25) is 9.98 Å². The van der Waals surface area contributed by atoms with Gasteiger partial charge in [0.15, 0.2) is 0 Å². The number of nitrogens with zero attached hydrogens (tertiary/aromatic N) is 2. The first-order valence-electron chi connectivity index (χ1n) is 18.5. The molecule has 2 aromatic carbocycles. The van der Waals surface area contributed by atoms with Gasteiger partial charge in [0.05, 0.1) is 45.4 Å². The maximum atomic E-state index is 6.00. The summed E-state index contributed by atoms with van der Waals surface area (Å²) in [6.45, 7) is 29.6. The number of aryl methyl sites for hydroxylation is 8. The van der Waals surface area contributed by atoms with Gasteiger partial charge in [0.1, 0.15) is 0 Å². The zero-order valence-electron chi connectivity index (χ0n) is 34.4. The summed E-state index contributed by atoms with van der Waals surface area (Å²) in [6.07, 6.45) is 12.0. The van der Waals surface area contributed by atoms with E-state index in [9.17, 15) is 0 Å². The van der Waals surface area contributed by atoms with E-state index < -0.39 is 0 Å². The minimum atomic E-state index is 0.889. The summed E-state index contributed by atoms with van der Waals surface area (Å²) in [7, 11) is 0. The topological polar surface area (TPSA) is 56.3 Å². The van der Waals surface area contributed by atoms with Gasteiger partial charge in [-0.25, -0.2) is 0 Å². The molecule has 4 heteroatoms. The van der Waals surface area contributed by atoms with Crippen LogP contribution in [0.2, 0.25) is 0 Å². The van der Waals surface area contributed by atoms with Crippen LogP contribution in [-0.2, 0) is 0 Å². The number of aromatic amines is 2. The number of rotatable bonds is 4. The molecule has 0 amide bonds. The van der Waals surface area contributed by atoms with Crippen LogP contribution in [0, 0.1) is 106 Å². The summed E-state index contributed by atoms with van der Waals surface area (Å²) < 4.78 is 0. The van der Waals surface area contributed by atoms with Crippen molar-refractivity contribution in [2.24, 2.45) is 9.98 Å². The number of benzene rings is 2. The van der Waals surface area contributed by atoms with E-state index in [1.165, 1.54) is 33.4 Å². The minimum Gasteiger partial charge on any atom is -0.357 e. The fourth-order valence-electron chi connectivity index (χ4n) is 8.68. The predicted octanol–water partition coefficient (Wildman–Crippen LogP) is 11.2. The van der Waals surface area contributed by atoms with E-state index in [4.69, 9.17) is 22.8 Å². The minimum absolute atomic E-state index is 0.889. The smallest absolute Gasteiger partial charge is 0.0775 e. The summed E-state index contributed by atoms with van der Waals surface area (Å²) >= 11 is 0. The second-order valence-corrected chi connectivity index (χ2v) is 15.2. The van der Waals surface area contributed by atoms with Gasteiger partial charge in [0.25, 0.3) is 0 Å². The van der Waals surface area contributed by atoms with E-state index in [0.717, 1.165) is 112 Å². The largest absolute Gasteiger partial charge is 0.357 e. The molecular weight excluding hydrogens is 657 g/mol. The number of aromatic nitrogens is 2. The van der Waals surface area contributed by atoms with Crippen molar-refractivity contribution in [1.29, 1.82) is 0 Å². The Kier molecular flexibility index (Phi) is 9.84. The molecule has 0 atom stereocenters. The number of hydrogen-bond donors (Lipinski definition) is 2. The first kappa shape index (κ1) is 37.7. The third kappa shape index (κ3) is 6.15. The number of aliphatic imine (C=N–C) groups is 2. The van der Waals surface area contributed by atoms with Crippen molar-refractivity contribution in [3.8, 4) is 36.5 Å². The fourth-order valence-corrected chi connectivity index (χ4v) is 8.68. The van der Waals surface area contributed by atoms with Gasteiger partial charge in [0, 0.05) is 33.7 Å². The van der Waals surface area contributed by atoms with Gasteiger partial charge < -0.3 is 9.97 Å². The fraction of sp³-hybridized carbons (Fsp3) is 0.280. The summed E-state index contributed by atoms with van der Waals surface area (Å²) in [6, 6.07) is 8.95. The number of nitrogens with one attached hydrogen (secondary N) is 2. The standard InChI is InChI=1S/C50H50N4/c1-17-39-31(9)47(51-35(39)13)45(43-27(5)21-25(3)22-28(43)6)49-33(11)41(37(15)53-49)19-20-42-34(12)50(54-38(42)16)46(44-29(7)23-26(4)24-30(44)8)48-32(10)40(18-2)36(14)52-48/h1-2,21-24,51-52H,3-16H3/b49-45-,50-46+. The zero-order chi connectivity index (χ0) is 39.5. The summed E-state index contributed by atoms with van der Waals surface area (Å²) in [5.41, 5.74) is 27.0. The molecular formula is C50H50N4. The lowest BCUT2D eigenvalue weighted by atomic mass is 9.87. The van der Waals surface area contributed by atoms with Gasteiger partial charge in [0.2, 0.25) is 0 Å². The van der Waals surface area contributed by atoms with Crippen molar-refractivity contribution in [2.75, 3.05) is 0 Å². The van der Waals surface area contributed by atoms with E-state index in [-0.39, 0.29) is 0 Å². The Balaban J connectivity index is 1.59. The molecule has 0 unspecified atom stereocenters. The van der Waals surface area contributed by atoms with Gasteiger partial charge in [-0.05, 0) is 153 Å². The van der Waals surface area contributed by atoms with E-state index >= 15 is 0 Å².